The molecule has 21 heavy (non-hydrogen) atoms. The van der Waals surface area contributed by atoms with Crippen LogP contribution in [0.25, 0.3) is 6.08 Å². The molecule has 5 nitrogen and oxygen atoms in total. The van der Waals surface area contributed by atoms with Gasteiger partial charge in [-0.05, 0) is 30.7 Å². The van der Waals surface area contributed by atoms with Crippen molar-refractivity contribution in [2.24, 2.45) is 0 Å². The van der Waals surface area contributed by atoms with Crippen molar-refractivity contribution >= 4 is 12.0 Å². The zero-order valence-electron chi connectivity index (χ0n) is 12.0. The smallest absolute Gasteiger partial charge is 0.231 e. The van der Waals surface area contributed by atoms with E-state index < -0.39 is 0 Å². The Balaban J connectivity index is 1.55. The maximum absolute atomic E-state index is 12.1. The molecule has 1 saturated heterocycles. The summed E-state index contributed by atoms with van der Waals surface area (Å²) >= 11 is 0. The van der Waals surface area contributed by atoms with Crippen LogP contribution in [0.15, 0.2) is 24.3 Å². The van der Waals surface area contributed by atoms with E-state index in [2.05, 4.69) is 5.32 Å². The van der Waals surface area contributed by atoms with Gasteiger partial charge in [-0.2, -0.15) is 0 Å². The summed E-state index contributed by atoms with van der Waals surface area (Å²) < 4.78 is 10.6. The van der Waals surface area contributed by atoms with Crippen LogP contribution in [0, 0.1) is 0 Å². The van der Waals surface area contributed by atoms with Gasteiger partial charge < -0.3 is 19.7 Å². The Labute approximate surface area is 124 Å². The van der Waals surface area contributed by atoms with Crippen LogP contribution >= 0.6 is 0 Å². The van der Waals surface area contributed by atoms with Gasteiger partial charge in [0.05, 0.1) is 0 Å². The van der Waals surface area contributed by atoms with E-state index in [1.165, 1.54) is 0 Å². The predicted octanol–water partition coefficient (Wildman–Crippen LogP) is 1.64. The molecule has 0 saturated carbocycles. The number of amides is 1. The van der Waals surface area contributed by atoms with Crippen LogP contribution in [0.2, 0.25) is 0 Å². The Morgan fingerprint density at radius 2 is 2.14 bits per heavy atom. The highest BCUT2D eigenvalue weighted by molar-refractivity contribution is 5.78. The topological polar surface area (TPSA) is 50.8 Å². The second-order valence-corrected chi connectivity index (χ2v) is 5.20. The average molecular weight is 288 g/mol. The van der Waals surface area contributed by atoms with Crippen LogP contribution in [0.5, 0.6) is 11.5 Å². The number of hydrogen-bond acceptors (Lipinski definition) is 4. The third-order valence-electron chi connectivity index (χ3n) is 3.69. The molecule has 1 N–H and O–H groups in total. The number of fused-ring (bicyclic) bond motifs is 1. The summed E-state index contributed by atoms with van der Waals surface area (Å²) in [4.78, 5) is 14.1. The summed E-state index contributed by atoms with van der Waals surface area (Å²) in [6, 6.07) is 5.79. The van der Waals surface area contributed by atoms with Crippen molar-refractivity contribution in [1.82, 2.24) is 10.2 Å². The Morgan fingerprint density at radius 1 is 1.24 bits per heavy atom. The number of rotatable bonds is 3. The van der Waals surface area contributed by atoms with Crippen LogP contribution < -0.4 is 14.8 Å². The molecule has 2 heterocycles. The minimum atomic E-state index is 0.190. The summed E-state index contributed by atoms with van der Waals surface area (Å²) in [6.07, 6.45) is 5.33. The molecule has 5 heteroatoms. The lowest BCUT2D eigenvalue weighted by Gasteiger charge is -2.18. The predicted molar refractivity (Wildman–Crippen MR) is 80.3 cm³/mol. The second-order valence-electron chi connectivity index (χ2n) is 5.20. The fourth-order valence-electron chi connectivity index (χ4n) is 2.54. The monoisotopic (exact) mass is 288 g/mol. The third kappa shape index (κ3) is 3.55. The standard InChI is InChI=1S/C16H20N2O3/c19-16(18-9-2-7-17-8-10-18)4-1-3-13-5-6-14-15(11-13)21-12-20-14/h1,3,5-6,11,17H,2,4,7-10,12H2/b3-1+. The van der Waals surface area contributed by atoms with E-state index in [0.29, 0.717) is 6.42 Å². The first-order valence-corrected chi connectivity index (χ1v) is 7.37. The highest BCUT2D eigenvalue weighted by Crippen LogP contribution is 2.32. The first-order valence-electron chi connectivity index (χ1n) is 7.37. The molecule has 0 atom stereocenters. The lowest BCUT2D eigenvalue weighted by molar-refractivity contribution is -0.130. The summed E-state index contributed by atoms with van der Waals surface area (Å²) in [7, 11) is 0. The molecule has 0 spiro atoms. The zero-order valence-corrected chi connectivity index (χ0v) is 12.0. The van der Waals surface area contributed by atoms with Crippen molar-refractivity contribution in [3.8, 4) is 11.5 Å². The summed E-state index contributed by atoms with van der Waals surface area (Å²) in [5, 5.41) is 3.30. The number of hydrogen-bond donors (Lipinski definition) is 1. The fourth-order valence-corrected chi connectivity index (χ4v) is 2.54. The van der Waals surface area contributed by atoms with Gasteiger partial charge in [-0.1, -0.05) is 18.2 Å². The maximum Gasteiger partial charge on any atom is 0.231 e. The van der Waals surface area contributed by atoms with E-state index in [1.807, 2.05) is 35.3 Å². The zero-order chi connectivity index (χ0) is 14.5. The number of nitrogens with one attached hydrogen (secondary N) is 1. The third-order valence-corrected chi connectivity index (χ3v) is 3.69. The molecule has 0 radical (unpaired) electrons. The normalized spacial score (nSPS) is 18.0. The van der Waals surface area contributed by atoms with Gasteiger partial charge >= 0.3 is 0 Å². The first-order chi connectivity index (χ1) is 10.3. The number of carbonyl (C=O) groups is 1. The van der Waals surface area contributed by atoms with E-state index >= 15 is 0 Å². The Bertz CT molecular complexity index is 534. The lowest BCUT2D eigenvalue weighted by atomic mass is 10.1. The molecule has 3 rings (SSSR count). The van der Waals surface area contributed by atoms with E-state index in [-0.39, 0.29) is 12.7 Å². The summed E-state index contributed by atoms with van der Waals surface area (Å²) in [6.45, 7) is 3.82. The number of ether oxygens (including phenoxy) is 2. The van der Waals surface area contributed by atoms with E-state index in [1.54, 1.807) is 0 Å². The van der Waals surface area contributed by atoms with Crippen molar-refractivity contribution in [3.63, 3.8) is 0 Å². The van der Waals surface area contributed by atoms with Gasteiger partial charge in [0.2, 0.25) is 12.7 Å². The summed E-state index contributed by atoms with van der Waals surface area (Å²) in [5.74, 6) is 1.73. The average Bonchev–Trinajstić information content (AvgIpc) is 2.79. The quantitative estimate of drug-likeness (QED) is 0.918. The molecule has 0 unspecified atom stereocenters. The van der Waals surface area contributed by atoms with Gasteiger partial charge in [0.15, 0.2) is 11.5 Å². The fraction of sp³-hybridized carbons (Fsp3) is 0.438. The molecular formula is C16H20N2O3. The highest BCUT2D eigenvalue weighted by Gasteiger charge is 2.14. The molecule has 1 aromatic rings. The van der Waals surface area contributed by atoms with Crippen LogP contribution in [0.3, 0.4) is 0 Å². The Morgan fingerprint density at radius 3 is 3.10 bits per heavy atom. The molecule has 0 aromatic heterocycles. The van der Waals surface area contributed by atoms with Gasteiger partial charge in [0, 0.05) is 26.1 Å². The van der Waals surface area contributed by atoms with Gasteiger partial charge in [-0.15, -0.1) is 0 Å². The lowest BCUT2D eigenvalue weighted by Crippen LogP contribution is -2.33. The second kappa shape index (κ2) is 6.63. The Kier molecular flexibility index (Phi) is 4.40. The van der Waals surface area contributed by atoms with Crippen LogP contribution in [0.4, 0.5) is 0 Å². The van der Waals surface area contributed by atoms with Crippen LogP contribution in [-0.4, -0.2) is 43.8 Å². The van der Waals surface area contributed by atoms with Crippen LogP contribution in [0.1, 0.15) is 18.4 Å². The highest BCUT2D eigenvalue weighted by atomic mass is 16.7. The van der Waals surface area contributed by atoms with E-state index in [0.717, 1.165) is 49.7 Å². The van der Waals surface area contributed by atoms with E-state index in [9.17, 15) is 4.79 Å². The molecule has 2 aliphatic rings. The van der Waals surface area contributed by atoms with Gasteiger partial charge in [-0.25, -0.2) is 0 Å². The molecular weight excluding hydrogens is 268 g/mol. The first kappa shape index (κ1) is 13.9. The van der Waals surface area contributed by atoms with Crippen molar-refractivity contribution in [3.05, 3.63) is 29.8 Å². The summed E-state index contributed by atoms with van der Waals surface area (Å²) in [5.41, 5.74) is 1.02. The molecule has 1 amide bonds. The minimum absolute atomic E-state index is 0.190. The van der Waals surface area contributed by atoms with Crippen LogP contribution in [-0.2, 0) is 4.79 Å². The van der Waals surface area contributed by atoms with Gasteiger partial charge in [-0.3, -0.25) is 4.79 Å². The number of carbonyl (C=O) groups excluding carboxylic acids is 1. The number of benzene rings is 1. The van der Waals surface area contributed by atoms with Crippen molar-refractivity contribution in [2.45, 2.75) is 12.8 Å². The largest absolute Gasteiger partial charge is 0.454 e. The van der Waals surface area contributed by atoms with E-state index in [4.69, 9.17) is 9.47 Å². The molecule has 0 aliphatic carbocycles. The maximum atomic E-state index is 12.1. The van der Waals surface area contributed by atoms with Gasteiger partial charge in [0.25, 0.3) is 0 Å². The van der Waals surface area contributed by atoms with Crippen molar-refractivity contribution < 1.29 is 14.3 Å². The molecule has 1 aromatic carbocycles. The SMILES string of the molecule is O=C(C/C=C/c1ccc2c(c1)OCO2)N1CCCNCC1. The minimum Gasteiger partial charge on any atom is -0.454 e. The number of nitrogens with zero attached hydrogens (tertiary/aromatic N) is 1. The Hall–Kier alpha value is -2.01. The molecule has 1 fully saturated rings. The molecule has 112 valence electrons. The van der Waals surface area contributed by atoms with Gasteiger partial charge in [0.1, 0.15) is 0 Å². The van der Waals surface area contributed by atoms with Crippen molar-refractivity contribution in [2.75, 3.05) is 33.0 Å². The van der Waals surface area contributed by atoms with Crippen molar-refractivity contribution in [1.29, 1.82) is 0 Å². The molecule has 2 aliphatic heterocycles. The molecule has 0 bridgehead atoms.